The summed E-state index contributed by atoms with van der Waals surface area (Å²) in [4.78, 5) is 17.7. The molecule has 0 aliphatic heterocycles. The number of halogens is 1. The average molecular weight is 387 g/mol. The number of nitrogens with zero attached hydrogens (tertiary/aromatic N) is 2. The van der Waals surface area contributed by atoms with E-state index in [9.17, 15) is 9.18 Å². The minimum atomic E-state index is -0.452. The molecule has 1 aromatic heterocycles. The fourth-order valence-electron chi connectivity index (χ4n) is 2.42. The van der Waals surface area contributed by atoms with Crippen LogP contribution in [0.3, 0.4) is 0 Å². The highest BCUT2D eigenvalue weighted by atomic mass is 32.2. The molecule has 2 aromatic carbocycles. The van der Waals surface area contributed by atoms with Crippen molar-refractivity contribution in [3.63, 3.8) is 0 Å². The highest BCUT2D eigenvalue weighted by Gasteiger charge is 2.17. The fourth-order valence-corrected chi connectivity index (χ4v) is 3.29. The monoisotopic (exact) mass is 387 g/mol. The topological polar surface area (TPSA) is 65.4 Å². The quantitative estimate of drug-likeness (QED) is 0.693. The number of amides is 1. The van der Waals surface area contributed by atoms with Crippen molar-refractivity contribution in [2.24, 2.45) is 7.05 Å². The molecule has 0 aliphatic rings. The smallest absolute Gasteiger partial charge is 0.259 e. The third-order valence-electron chi connectivity index (χ3n) is 3.82. The number of hydrogen-bond donors (Lipinski definition) is 1. The first-order valence-corrected chi connectivity index (χ1v) is 8.81. The van der Waals surface area contributed by atoms with Gasteiger partial charge in [0.25, 0.3) is 5.91 Å². The Morgan fingerprint density at radius 1 is 1.19 bits per heavy atom. The van der Waals surface area contributed by atoms with Gasteiger partial charge in [0, 0.05) is 24.3 Å². The third-order valence-corrected chi connectivity index (χ3v) is 4.97. The van der Waals surface area contributed by atoms with Gasteiger partial charge in [-0.3, -0.25) is 4.79 Å². The third kappa shape index (κ3) is 4.22. The predicted molar refractivity (Wildman–Crippen MR) is 101 cm³/mol. The molecule has 1 N–H and O–H groups in total. The highest BCUT2D eigenvalue weighted by Crippen LogP contribution is 2.34. The zero-order valence-electron chi connectivity index (χ0n) is 15.0. The number of nitrogens with one attached hydrogen (secondary N) is 1. The number of hydrogen-bond acceptors (Lipinski definition) is 5. The van der Waals surface area contributed by atoms with Crippen molar-refractivity contribution in [1.29, 1.82) is 0 Å². The molecule has 0 radical (unpaired) electrons. The molecular weight excluding hydrogens is 369 g/mol. The molecule has 140 valence electrons. The molecule has 0 bridgehead atoms. The van der Waals surface area contributed by atoms with Crippen LogP contribution < -0.4 is 14.8 Å². The Hall–Kier alpha value is -3.00. The lowest BCUT2D eigenvalue weighted by atomic mass is 10.1. The second-order valence-corrected chi connectivity index (χ2v) is 6.59. The average Bonchev–Trinajstić information content (AvgIpc) is 3.07. The number of aryl methyl sites for hydroxylation is 1. The van der Waals surface area contributed by atoms with Gasteiger partial charge in [0.05, 0.1) is 25.5 Å². The number of anilines is 1. The van der Waals surface area contributed by atoms with Crippen molar-refractivity contribution in [2.45, 2.75) is 10.1 Å². The molecule has 8 heteroatoms. The summed E-state index contributed by atoms with van der Waals surface area (Å²) >= 11 is 1.33. The highest BCUT2D eigenvalue weighted by molar-refractivity contribution is 7.99. The van der Waals surface area contributed by atoms with Gasteiger partial charge in [-0.15, -0.1) is 0 Å². The maximum absolute atomic E-state index is 13.8. The van der Waals surface area contributed by atoms with Crippen LogP contribution in [0.1, 0.15) is 10.4 Å². The Balaban J connectivity index is 1.92. The van der Waals surface area contributed by atoms with Gasteiger partial charge in [-0.1, -0.05) is 0 Å². The molecule has 0 atom stereocenters. The summed E-state index contributed by atoms with van der Waals surface area (Å²) in [7, 11) is 4.85. The molecular formula is C19H18FN3O3S. The predicted octanol–water partition coefficient (Wildman–Crippen LogP) is 3.98. The van der Waals surface area contributed by atoms with Gasteiger partial charge in [-0.05, 0) is 48.2 Å². The summed E-state index contributed by atoms with van der Waals surface area (Å²) in [6.45, 7) is 0. The summed E-state index contributed by atoms with van der Waals surface area (Å²) in [6, 6.07) is 9.12. The van der Waals surface area contributed by atoms with E-state index in [0.717, 1.165) is 5.16 Å². The van der Waals surface area contributed by atoms with Gasteiger partial charge in [0.2, 0.25) is 0 Å². The fraction of sp³-hybridized carbons (Fsp3) is 0.158. The maximum Gasteiger partial charge on any atom is 0.259 e. The van der Waals surface area contributed by atoms with Crippen molar-refractivity contribution in [2.75, 3.05) is 19.5 Å². The Kier molecular flexibility index (Phi) is 5.66. The molecule has 1 heterocycles. The summed E-state index contributed by atoms with van der Waals surface area (Å²) in [5, 5.41) is 3.47. The Morgan fingerprint density at radius 3 is 2.67 bits per heavy atom. The number of benzene rings is 2. The van der Waals surface area contributed by atoms with E-state index >= 15 is 0 Å². The van der Waals surface area contributed by atoms with Crippen LogP contribution >= 0.6 is 11.8 Å². The molecule has 6 nitrogen and oxygen atoms in total. The van der Waals surface area contributed by atoms with Crippen LogP contribution in [0.15, 0.2) is 58.8 Å². The van der Waals surface area contributed by atoms with Crippen molar-refractivity contribution < 1.29 is 18.7 Å². The molecule has 3 rings (SSSR count). The number of carbonyl (C=O) groups is 1. The van der Waals surface area contributed by atoms with Crippen LogP contribution in [-0.2, 0) is 7.05 Å². The van der Waals surface area contributed by atoms with Gasteiger partial charge in [0.1, 0.15) is 17.3 Å². The van der Waals surface area contributed by atoms with E-state index in [4.69, 9.17) is 9.47 Å². The normalized spacial score (nSPS) is 10.5. The lowest BCUT2D eigenvalue weighted by Crippen LogP contribution is -2.14. The van der Waals surface area contributed by atoms with Gasteiger partial charge < -0.3 is 19.4 Å². The van der Waals surface area contributed by atoms with Crippen molar-refractivity contribution in [1.82, 2.24) is 9.55 Å². The number of carbonyl (C=O) groups excluding carboxylic acids is 1. The number of methoxy groups -OCH3 is 2. The van der Waals surface area contributed by atoms with Gasteiger partial charge in [0.15, 0.2) is 5.16 Å². The second-order valence-electron chi connectivity index (χ2n) is 5.58. The minimum Gasteiger partial charge on any atom is -0.497 e. The first-order chi connectivity index (χ1) is 13.0. The van der Waals surface area contributed by atoms with Crippen molar-refractivity contribution in [3.8, 4) is 11.5 Å². The van der Waals surface area contributed by atoms with Crippen molar-refractivity contribution in [3.05, 3.63) is 60.2 Å². The van der Waals surface area contributed by atoms with Crippen LogP contribution in [0.2, 0.25) is 0 Å². The molecule has 0 fully saturated rings. The molecule has 27 heavy (non-hydrogen) atoms. The molecule has 3 aromatic rings. The number of aromatic nitrogens is 2. The molecule has 0 aliphatic carbocycles. The maximum atomic E-state index is 13.8. The number of ether oxygens (including phenoxy) is 2. The summed E-state index contributed by atoms with van der Waals surface area (Å²) < 4.78 is 26.1. The Bertz CT molecular complexity index is 975. The van der Waals surface area contributed by atoms with E-state index in [-0.39, 0.29) is 5.56 Å². The zero-order chi connectivity index (χ0) is 19.4. The molecule has 0 spiro atoms. The van der Waals surface area contributed by atoms with Crippen LogP contribution in [0.25, 0.3) is 0 Å². The van der Waals surface area contributed by atoms with E-state index < -0.39 is 11.7 Å². The van der Waals surface area contributed by atoms with E-state index in [1.165, 1.54) is 38.1 Å². The van der Waals surface area contributed by atoms with E-state index in [1.807, 2.05) is 17.8 Å². The van der Waals surface area contributed by atoms with Gasteiger partial charge >= 0.3 is 0 Å². The van der Waals surface area contributed by atoms with E-state index in [2.05, 4.69) is 10.3 Å². The van der Waals surface area contributed by atoms with Crippen LogP contribution in [0.5, 0.6) is 11.5 Å². The summed E-state index contributed by atoms with van der Waals surface area (Å²) in [5.41, 5.74) is 0.631. The molecule has 0 saturated carbocycles. The number of imidazole rings is 1. The van der Waals surface area contributed by atoms with E-state index in [0.29, 0.717) is 22.1 Å². The first-order valence-electron chi connectivity index (χ1n) is 8.00. The van der Waals surface area contributed by atoms with Crippen molar-refractivity contribution >= 4 is 23.4 Å². The lowest BCUT2D eigenvalue weighted by molar-refractivity contribution is 0.102. The molecule has 1 amide bonds. The number of rotatable bonds is 6. The zero-order valence-corrected chi connectivity index (χ0v) is 15.8. The van der Waals surface area contributed by atoms with Crippen LogP contribution in [-0.4, -0.2) is 29.7 Å². The summed E-state index contributed by atoms with van der Waals surface area (Å²) in [5.74, 6) is 0.0240. The van der Waals surface area contributed by atoms with Crippen LogP contribution in [0, 0.1) is 5.82 Å². The Labute approximate surface area is 160 Å². The minimum absolute atomic E-state index is 0.286. The summed E-state index contributed by atoms with van der Waals surface area (Å²) in [6.07, 6.45) is 3.48. The van der Waals surface area contributed by atoms with E-state index in [1.54, 1.807) is 30.5 Å². The largest absolute Gasteiger partial charge is 0.497 e. The molecule has 0 unspecified atom stereocenters. The Morgan fingerprint density at radius 2 is 2.00 bits per heavy atom. The molecule has 0 saturated heterocycles. The standard InChI is InChI=1S/C19H18FN3O3S/c1-23-9-8-21-19(23)27-17-7-4-12(20)10-15(17)22-18(24)14-11-13(25-2)5-6-16(14)26-3/h4-11H,1-3H3,(H,22,24). The van der Waals surface area contributed by atoms with Crippen LogP contribution in [0.4, 0.5) is 10.1 Å². The van der Waals surface area contributed by atoms with Gasteiger partial charge in [-0.25, -0.2) is 9.37 Å². The lowest BCUT2D eigenvalue weighted by Gasteiger charge is -2.13. The SMILES string of the molecule is COc1ccc(OC)c(C(=O)Nc2cc(F)ccc2Sc2nccn2C)c1. The first kappa shape index (κ1) is 18.8. The van der Waals surface area contributed by atoms with Gasteiger partial charge in [-0.2, -0.15) is 0 Å². The second kappa shape index (κ2) is 8.13.